The Hall–Kier alpha value is -0.310. The van der Waals surface area contributed by atoms with E-state index in [2.05, 4.69) is 22.4 Å². The van der Waals surface area contributed by atoms with E-state index in [0.717, 1.165) is 24.7 Å². The average Bonchev–Trinajstić information content (AvgIpc) is 2.54. The monoisotopic (exact) mass is 213 g/mol. The second-order valence-corrected chi connectivity index (χ2v) is 4.39. The molecular weight excluding hydrogens is 202 g/mol. The van der Waals surface area contributed by atoms with E-state index in [1.54, 1.807) is 11.3 Å². The zero-order chi connectivity index (χ0) is 9.10. The molecule has 1 aromatic heterocycles. The van der Waals surface area contributed by atoms with E-state index in [4.69, 9.17) is 11.6 Å². The quantitative estimate of drug-likeness (QED) is 0.683. The fraction of sp³-hybridized carbons (Fsp3) is 0.400. The molecule has 1 aromatic rings. The van der Waals surface area contributed by atoms with Gasteiger partial charge in [-0.2, -0.15) is 11.3 Å². The van der Waals surface area contributed by atoms with Crippen LogP contribution in [-0.4, -0.2) is 18.0 Å². The van der Waals surface area contributed by atoms with Crippen LogP contribution >= 0.6 is 22.9 Å². The van der Waals surface area contributed by atoms with Crippen molar-refractivity contribution in [2.45, 2.75) is 13.0 Å². The van der Waals surface area contributed by atoms with Crippen molar-refractivity contribution < 1.29 is 0 Å². The second-order valence-electron chi connectivity index (χ2n) is 3.24. The molecule has 0 saturated heterocycles. The van der Waals surface area contributed by atoms with Gasteiger partial charge in [0.1, 0.15) is 0 Å². The van der Waals surface area contributed by atoms with E-state index in [9.17, 15) is 0 Å². The molecule has 0 radical (unpaired) electrons. The van der Waals surface area contributed by atoms with Gasteiger partial charge in [0, 0.05) is 25.0 Å². The zero-order valence-electron chi connectivity index (χ0n) is 7.37. The predicted molar refractivity (Wildman–Crippen MR) is 58.4 cm³/mol. The van der Waals surface area contributed by atoms with E-state index >= 15 is 0 Å². The van der Waals surface area contributed by atoms with Crippen molar-refractivity contribution in [3.8, 4) is 0 Å². The van der Waals surface area contributed by atoms with Gasteiger partial charge in [-0.05, 0) is 17.4 Å². The molecule has 2 heterocycles. The summed E-state index contributed by atoms with van der Waals surface area (Å²) in [6.07, 6.45) is 5.64. The molecule has 0 fully saturated rings. The topological polar surface area (TPSA) is 3.24 Å². The molecule has 0 atom stereocenters. The van der Waals surface area contributed by atoms with Crippen LogP contribution in [-0.2, 0) is 6.54 Å². The minimum atomic E-state index is 0.916. The lowest BCUT2D eigenvalue weighted by Crippen LogP contribution is -2.26. The molecule has 70 valence electrons. The van der Waals surface area contributed by atoms with Crippen molar-refractivity contribution in [1.82, 2.24) is 4.90 Å². The molecule has 1 nitrogen and oxygen atoms in total. The SMILES string of the molecule is Clc1cscc1CN1CC=CCC1. The molecule has 0 amide bonds. The Bertz CT molecular complexity index is 306. The lowest BCUT2D eigenvalue weighted by molar-refractivity contribution is 0.291. The summed E-state index contributed by atoms with van der Waals surface area (Å²) in [6.45, 7) is 3.21. The van der Waals surface area contributed by atoms with Gasteiger partial charge in [0.2, 0.25) is 0 Å². The van der Waals surface area contributed by atoms with Crippen LogP contribution in [0.25, 0.3) is 0 Å². The normalized spacial score (nSPS) is 17.9. The molecule has 0 N–H and O–H groups in total. The van der Waals surface area contributed by atoms with Crippen LogP contribution in [0.3, 0.4) is 0 Å². The predicted octanol–water partition coefficient (Wildman–Crippen LogP) is 3.16. The molecule has 0 saturated carbocycles. The Morgan fingerprint density at radius 1 is 1.38 bits per heavy atom. The third kappa shape index (κ3) is 2.33. The summed E-state index contributed by atoms with van der Waals surface area (Å²) in [5.41, 5.74) is 1.27. The summed E-state index contributed by atoms with van der Waals surface area (Å²) in [7, 11) is 0. The number of nitrogens with zero attached hydrogens (tertiary/aromatic N) is 1. The van der Waals surface area contributed by atoms with Gasteiger partial charge in [0.15, 0.2) is 0 Å². The van der Waals surface area contributed by atoms with E-state index in [-0.39, 0.29) is 0 Å². The molecule has 0 aromatic carbocycles. The molecule has 13 heavy (non-hydrogen) atoms. The first-order valence-electron chi connectivity index (χ1n) is 4.44. The smallest absolute Gasteiger partial charge is 0.0557 e. The van der Waals surface area contributed by atoms with Crippen LogP contribution < -0.4 is 0 Å². The Morgan fingerprint density at radius 3 is 2.92 bits per heavy atom. The van der Waals surface area contributed by atoms with Crippen molar-refractivity contribution >= 4 is 22.9 Å². The highest BCUT2D eigenvalue weighted by Crippen LogP contribution is 2.22. The lowest BCUT2D eigenvalue weighted by Gasteiger charge is -2.22. The highest BCUT2D eigenvalue weighted by atomic mass is 35.5. The fourth-order valence-electron chi connectivity index (χ4n) is 1.50. The molecule has 2 rings (SSSR count). The first kappa shape index (κ1) is 9.25. The van der Waals surface area contributed by atoms with Crippen molar-refractivity contribution in [3.05, 3.63) is 33.5 Å². The molecule has 0 bridgehead atoms. The van der Waals surface area contributed by atoms with Crippen LogP contribution in [0.15, 0.2) is 22.9 Å². The van der Waals surface area contributed by atoms with Crippen LogP contribution in [0.4, 0.5) is 0 Å². The zero-order valence-corrected chi connectivity index (χ0v) is 8.94. The maximum Gasteiger partial charge on any atom is 0.0557 e. The minimum absolute atomic E-state index is 0.916. The fourth-order valence-corrected chi connectivity index (χ4v) is 2.53. The molecule has 3 heteroatoms. The highest BCUT2D eigenvalue weighted by Gasteiger charge is 2.09. The van der Waals surface area contributed by atoms with Crippen molar-refractivity contribution in [1.29, 1.82) is 0 Å². The van der Waals surface area contributed by atoms with E-state index < -0.39 is 0 Å². The largest absolute Gasteiger partial charge is 0.295 e. The van der Waals surface area contributed by atoms with Gasteiger partial charge in [-0.15, -0.1) is 0 Å². The van der Waals surface area contributed by atoms with Crippen LogP contribution in [0.5, 0.6) is 0 Å². The molecule has 0 aliphatic carbocycles. The van der Waals surface area contributed by atoms with Gasteiger partial charge in [-0.25, -0.2) is 0 Å². The van der Waals surface area contributed by atoms with Crippen LogP contribution in [0.1, 0.15) is 12.0 Å². The molecule has 0 unspecified atom stereocenters. The summed E-state index contributed by atoms with van der Waals surface area (Å²) >= 11 is 7.70. The van der Waals surface area contributed by atoms with E-state index in [0.29, 0.717) is 0 Å². The minimum Gasteiger partial charge on any atom is -0.295 e. The molecule has 1 aliphatic heterocycles. The average molecular weight is 214 g/mol. The molecular formula is C10H12ClNS. The summed E-state index contributed by atoms with van der Waals surface area (Å²) in [6, 6.07) is 0. The molecule has 1 aliphatic rings. The maximum atomic E-state index is 6.02. The van der Waals surface area contributed by atoms with Gasteiger partial charge in [0.05, 0.1) is 5.02 Å². The van der Waals surface area contributed by atoms with Gasteiger partial charge in [-0.3, -0.25) is 4.90 Å². The maximum absolute atomic E-state index is 6.02. The summed E-state index contributed by atoms with van der Waals surface area (Å²) in [4.78, 5) is 2.41. The van der Waals surface area contributed by atoms with Crippen molar-refractivity contribution in [2.75, 3.05) is 13.1 Å². The molecule has 0 spiro atoms. The Kier molecular flexibility index (Phi) is 3.04. The highest BCUT2D eigenvalue weighted by molar-refractivity contribution is 7.08. The Labute approximate surface area is 87.6 Å². The third-order valence-corrected chi connectivity index (χ3v) is 3.50. The second kappa shape index (κ2) is 4.27. The summed E-state index contributed by atoms with van der Waals surface area (Å²) in [5.74, 6) is 0. The van der Waals surface area contributed by atoms with E-state index in [1.165, 1.54) is 12.0 Å². The lowest BCUT2D eigenvalue weighted by atomic mass is 10.2. The van der Waals surface area contributed by atoms with Gasteiger partial charge >= 0.3 is 0 Å². The Balaban J connectivity index is 1.98. The number of halogens is 1. The summed E-state index contributed by atoms with van der Waals surface area (Å²) < 4.78 is 0. The first-order valence-corrected chi connectivity index (χ1v) is 5.76. The third-order valence-electron chi connectivity index (χ3n) is 2.22. The standard InChI is InChI=1S/C10H12ClNS/c11-10-8-13-7-9(10)6-12-4-2-1-3-5-12/h1-2,7-8H,3-6H2. The van der Waals surface area contributed by atoms with Gasteiger partial charge in [0.25, 0.3) is 0 Å². The van der Waals surface area contributed by atoms with Crippen molar-refractivity contribution in [3.63, 3.8) is 0 Å². The number of hydrogen-bond donors (Lipinski definition) is 0. The number of hydrogen-bond acceptors (Lipinski definition) is 2. The van der Waals surface area contributed by atoms with E-state index in [1.807, 2.05) is 5.38 Å². The first-order chi connectivity index (χ1) is 6.36. The van der Waals surface area contributed by atoms with Crippen LogP contribution in [0, 0.1) is 0 Å². The summed E-state index contributed by atoms with van der Waals surface area (Å²) in [5, 5.41) is 5.05. The number of thiophene rings is 1. The Morgan fingerprint density at radius 2 is 2.31 bits per heavy atom. The van der Waals surface area contributed by atoms with Gasteiger partial charge in [-0.1, -0.05) is 23.8 Å². The number of rotatable bonds is 2. The van der Waals surface area contributed by atoms with Gasteiger partial charge < -0.3 is 0 Å². The van der Waals surface area contributed by atoms with Crippen LogP contribution in [0.2, 0.25) is 5.02 Å². The van der Waals surface area contributed by atoms with Crippen molar-refractivity contribution in [2.24, 2.45) is 0 Å².